The molecule has 0 aliphatic carbocycles. The van der Waals surface area contributed by atoms with E-state index in [1.165, 1.54) is 0 Å². The van der Waals surface area contributed by atoms with Gasteiger partial charge in [0.2, 0.25) is 0 Å². The molecular formula is H26Hf3O15P+. The first kappa shape index (κ1) is 222. The maximum atomic E-state index is 8.88. The topological polar surface area (TPSA) is 426 Å². The van der Waals surface area contributed by atoms with Crippen molar-refractivity contribution in [1.82, 2.24) is 0 Å². The van der Waals surface area contributed by atoms with E-state index >= 15 is 0 Å². The van der Waals surface area contributed by atoms with Gasteiger partial charge in [-0.15, -0.1) is 0 Å². The third kappa shape index (κ3) is 1300. The number of phosphoric acid groups is 1. The van der Waals surface area contributed by atoms with Gasteiger partial charge < -0.3 is 74.9 Å². The quantitative estimate of drug-likeness (QED) is 0.122. The summed E-state index contributed by atoms with van der Waals surface area (Å²) in [5, 5.41) is 0. The van der Waals surface area contributed by atoms with Crippen LogP contribution in [0, 0.1) is 0 Å². The zero-order chi connectivity index (χ0) is 4.50. The van der Waals surface area contributed by atoms with Gasteiger partial charge in [-0.05, 0) is 0 Å². The normalized spacial score (nSPS) is 3.11. The SMILES string of the molecule is O.O.O.O.O.O.O.O.O.O.O=P(O)(O)O.[Hf].[Hf].[Hf].[OH3+]. The summed E-state index contributed by atoms with van der Waals surface area (Å²) in [6.45, 7) is 0. The Balaban J connectivity index is -0.000000000879. The van der Waals surface area contributed by atoms with Crippen LogP contribution in [0.4, 0.5) is 0 Å². The van der Waals surface area contributed by atoms with Crippen molar-refractivity contribution >= 4 is 7.82 Å². The molecule has 0 saturated heterocycles. The molecular weight excluding hydrogens is 806 g/mol. The third-order valence-corrected chi connectivity index (χ3v) is 0. The molecule has 0 amide bonds. The van der Waals surface area contributed by atoms with Crippen molar-refractivity contribution in [1.29, 1.82) is 0 Å². The van der Waals surface area contributed by atoms with Gasteiger partial charge in [0.15, 0.2) is 0 Å². The van der Waals surface area contributed by atoms with Crippen molar-refractivity contribution in [3.63, 3.8) is 0 Å². The van der Waals surface area contributed by atoms with Gasteiger partial charge in [-0.2, -0.15) is 0 Å². The average Bonchev–Trinajstić information content (AvgIpc) is 0.722. The van der Waals surface area contributed by atoms with E-state index in [2.05, 4.69) is 0 Å². The molecule has 26 N–H and O–H groups in total. The third-order valence-electron chi connectivity index (χ3n) is 0. The maximum Gasteiger partial charge on any atom is 0.466 e. The molecule has 0 rings (SSSR count). The van der Waals surface area contributed by atoms with Crippen LogP contribution in [-0.2, 0) is 87.6 Å². The van der Waals surface area contributed by atoms with Crippen molar-refractivity contribution in [3.05, 3.63) is 0 Å². The predicted molar refractivity (Wildman–Crippen MR) is 55.3 cm³/mol. The first-order valence-corrected chi connectivity index (χ1v) is 2.35. The molecule has 0 atom stereocenters. The summed E-state index contributed by atoms with van der Waals surface area (Å²) in [6.07, 6.45) is 0. The molecule has 0 aromatic heterocycles. The van der Waals surface area contributed by atoms with Crippen molar-refractivity contribution in [2.24, 2.45) is 0 Å². The summed E-state index contributed by atoms with van der Waals surface area (Å²) in [6, 6.07) is 0. The zero-order valence-corrected chi connectivity index (χ0v) is 20.9. The van der Waals surface area contributed by atoms with Gasteiger partial charge in [0.1, 0.15) is 0 Å². The Kier molecular flexibility index (Phi) is 1280. The number of hydrogen-bond donors (Lipinski definition) is 3. The van der Waals surface area contributed by atoms with E-state index < -0.39 is 7.82 Å². The first-order valence-electron chi connectivity index (χ1n) is 0.783. The second-order valence-electron chi connectivity index (χ2n) is 0.513. The molecule has 0 aliphatic rings. The summed E-state index contributed by atoms with van der Waals surface area (Å²) < 4.78 is 8.88. The van der Waals surface area contributed by atoms with Crippen LogP contribution in [0.3, 0.4) is 0 Å². The summed E-state index contributed by atoms with van der Waals surface area (Å²) in [7, 11) is -4.64. The van der Waals surface area contributed by atoms with Crippen molar-refractivity contribution < 1.29 is 157 Å². The second-order valence-corrected chi connectivity index (χ2v) is 1.54. The van der Waals surface area contributed by atoms with E-state index in [1.807, 2.05) is 0 Å². The smallest absolute Gasteiger partial charge is 0.457 e. The van der Waals surface area contributed by atoms with Crippen LogP contribution < -0.4 is 0 Å². The molecule has 0 radical (unpaired) electrons. The number of rotatable bonds is 0. The van der Waals surface area contributed by atoms with Crippen molar-refractivity contribution in [3.8, 4) is 0 Å². The van der Waals surface area contributed by atoms with E-state index in [-0.39, 0.29) is 138 Å². The molecule has 0 spiro atoms. The molecule has 19 heteroatoms. The monoisotopic (exact) mass is 837 g/mol. The first-order chi connectivity index (χ1) is 2.00. The fraction of sp³-hybridized carbons (Fsp3) is 0. The van der Waals surface area contributed by atoms with E-state index in [4.69, 9.17) is 19.2 Å². The Morgan fingerprint density at radius 1 is 0.474 bits per heavy atom. The summed E-state index contributed by atoms with van der Waals surface area (Å²) >= 11 is 0. The molecule has 0 aromatic rings. The van der Waals surface area contributed by atoms with Gasteiger partial charge in [0, 0.05) is 77.5 Å². The Labute approximate surface area is 163 Å². The Bertz CT molecular complexity index is 63.5. The molecule has 0 heterocycles. The minimum absolute atomic E-state index is 0. The molecule has 15 nitrogen and oxygen atoms in total. The molecule has 0 unspecified atom stereocenters. The van der Waals surface area contributed by atoms with Gasteiger partial charge in [-0.25, -0.2) is 4.57 Å². The second kappa shape index (κ2) is 110. The Morgan fingerprint density at radius 2 is 0.474 bits per heavy atom. The van der Waals surface area contributed by atoms with Crippen LogP contribution in [0.2, 0.25) is 0 Å². The standard InChI is InChI=1S/3Hf.H3O4P.11H2O/c;;;1-5(2,3)4;;;;;;;;;;;/h;;;(H3,1,2,3,4);11*1H2/p+1. The Morgan fingerprint density at radius 3 is 0.474 bits per heavy atom. The van der Waals surface area contributed by atoms with Gasteiger partial charge in [0.05, 0.1) is 0 Å². The zero-order valence-electron chi connectivity index (χ0n) is 9.27. The molecule has 0 fully saturated rings. The molecule has 0 aliphatic heterocycles. The fourth-order valence-electron chi connectivity index (χ4n) is 0. The van der Waals surface area contributed by atoms with Crippen molar-refractivity contribution in [2.45, 2.75) is 0 Å². The molecule has 132 valence electrons. The molecule has 0 aromatic carbocycles. The van der Waals surface area contributed by atoms with Gasteiger partial charge in [-0.3, -0.25) is 0 Å². The Hall–Kier alpha value is 2.28. The van der Waals surface area contributed by atoms with E-state index in [0.29, 0.717) is 0 Å². The van der Waals surface area contributed by atoms with Crippen molar-refractivity contribution in [2.75, 3.05) is 0 Å². The predicted octanol–water partition coefficient (Wildman–Crippen LogP) is -10.1. The summed E-state index contributed by atoms with van der Waals surface area (Å²) in [5.41, 5.74) is 0. The summed E-state index contributed by atoms with van der Waals surface area (Å²) in [4.78, 5) is 21.6. The van der Waals surface area contributed by atoms with Crippen LogP contribution in [-0.4, -0.2) is 69.4 Å². The van der Waals surface area contributed by atoms with E-state index in [0.717, 1.165) is 0 Å². The largest absolute Gasteiger partial charge is 0.466 e. The maximum absolute atomic E-state index is 8.88. The molecule has 19 heavy (non-hydrogen) atoms. The fourth-order valence-corrected chi connectivity index (χ4v) is 0. The van der Waals surface area contributed by atoms with Gasteiger partial charge in [0.25, 0.3) is 0 Å². The minimum Gasteiger partial charge on any atom is -0.457 e. The van der Waals surface area contributed by atoms with Crippen LogP contribution in [0.25, 0.3) is 0 Å². The summed E-state index contributed by atoms with van der Waals surface area (Å²) in [5.74, 6) is 0. The minimum atomic E-state index is -4.64. The van der Waals surface area contributed by atoms with Gasteiger partial charge >= 0.3 is 7.82 Å². The van der Waals surface area contributed by atoms with Crippen LogP contribution in [0.5, 0.6) is 0 Å². The molecule has 0 saturated carbocycles. The van der Waals surface area contributed by atoms with E-state index in [1.54, 1.807) is 0 Å². The van der Waals surface area contributed by atoms with Crippen LogP contribution in [0.1, 0.15) is 0 Å². The van der Waals surface area contributed by atoms with Crippen LogP contribution in [0.15, 0.2) is 0 Å². The van der Waals surface area contributed by atoms with Gasteiger partial charge in [-0.1, -0.05) is 0 Å². The number of hydrogen-bond acceptors (Lipinski definition) is 1. The van der Waals surface area contributed by atoms with Crippen LogP contribution >= 0.6 is 7.82 Å². The average molecular weight is 833 g/mol. The van der Waals surface area contributed by atoms with E-state index in [9.17, 15) is 0 Å². The molecule has 0 bridgehead atoms.